The van der Waals surface area contributed by atoms with Crippen LogP contribution in [0.3, 0.4) is 0 Å². The summed E-state index contributed by atoms with van der Waals surface area (Å²) in [6.45, 7) is 2.68. The zero-order valence-electron chi connectivity index (χ0n) is 13.2. The summed E-state index contributed by atoms with van der Waals surface area (Å²) in [4.78, 5) is 11.9. The first kappa shape index (κ1) is 15.7. The van der Waals surface area contributed by atoms with Gasteiger partial charge in [0.25, 0.3) is 5.91 Å². The molecule has 2 heterocycles. The zero-order chi connectivity index (χ0) is 16.8. The Morgan fingerprint density at radius 2 is 1.96 bits per heavy atom. The molecule has 0 unspecified atom stereocenters. The van der Waals surface area contributed by atoms with Crippen molar-refractivity contribution in [2.24, 2.45) is 0 Å². The molecule has 0 fully saturated rings. The molecule has 24 heavy (non-hydrogen) atoms. The quantitative estimate of drug-likeness (QED) is 0.706. The monoisotopic (exact) mass is 323 g/mol. The van der Waals surface area contributed by atoms with Crippen molar-refractivity contribution in [3.63, 3.8) is 0 Å². The number of hydrogen-bond donors (Lipinski definition) is 1. The molecule has 0 spiro atoms. The van der Waals surface area contributed by atoms with Crippen LogP contribution in [-0.2, 0) is 0 Å². The topological polar surface area (TPSA) is 77.2 Å². The minimum atomic E-state index is -0.127. The fourth-order valence-electron chi connectivity index (χ4n) is 2.08. The summed E-state index contributed by atoms with van der Waals surface area (Å²) in [6.07, 6.45) is 1.58. The lowest BCUT2D eigenvalue weighted by molar-refractivity contribution is 0.0946. The van der Waals surface area contributed by atoms with E-state index in [1.807, 2.05) is 25.1 Å². The summed E-state index contributed by atoms with van der Waals surface area (Å²) in [5.41, 5.74) is 2.38. The number of carbonyl (C=O) groups excluding carboxylic acids is 1. The summed E-state index contributed by atoms with van der Waals surface area (Å²) in [5, 5.41) is 10.8. The molecule has 0 radical (unpaired) electrons. The first-order valence-corrected chi connectivity index (χ1v) is 7.57. The Kier molecular flexibility index (Phi) is 4.86. The van der Waals surface area contributed by atoms with Crippen molar-refractivity contribution >= 4 is 5.91 Å². The SMILES string of the molecule is Cc1ccc(C(=O)NCCOc2ccc(-c3ccco3)nn2)cc1. The van der Waals surface area contributed by atoms with E-state index in [-0.39, 0.29) is 5.91 Å². The lowest BCUT2D eigenvalue weighted by Gasteiger charge is -2.07. The summed E-state index contributed by atoms with van der Waals surface area (Å²) in [7, 11) is 0. The molecule has 0 atom stereocenters. The number of furan rings is 1. The molecule has 1 aromatic carbocycles. The van der Waals surface area contributed by atoms with E-state index in [2.05, 4.69) is 15.5 Å². The van der Waals surface area contributed by atoms with E-state index in [0.717, 1.165) is 5.56 Å². The van der Waals surface area contributed by atoms with Crippen molar-refractivity contribution in [2.75, 3.05) is 13.2 Å². The minimum Gasteiger partial charge on any atom is -0.475 e. The van der Waals surface area contributed by atoms with Crippen LogP contribution in [0.25, 0.3) is 11.5 Å². The van der Waals surface area contributed by atoms with Crippen LogP contribution in [0.5, 0.6) is 5.88 Å². The maximum Gasteiger partial charge on any atom is 0.251 e. The molecule has 0 saturated carbocycles. The van der Waals surface area contributed by atoms with Crippen LogP contribution in [0.4, 0.5) is 0 Å². The first-order valence-electron chi connectivity index (χ1n) is 7.57. The molecular formula is C18H17N3O3. The predicted octanol–water partition coefficient (Wildman–Crippen LogP) is 2.85. The Morgan fingerprint density at radius 3 is 2.62 bits per heavy atom. The van der Waals surface area contributed by atoms with Gasteiger partial charge in [-0.2, -0.15) is 0 Å². The van der Waals surface area contributed by atoms with Gasteiger partial charge in [-0.05, 0) is 37.3 Å². The number of nitrogens with zero attached hydrogens (tertiary/aromatic N) is 2. The summed E-state index contributed by atoms with van der Waals surface area (Å²) in [6, 6.07) is 14.5. The van der Waals surface area contributed by atoms with E-state index in [9.17, 15) is 4.79 Å². The second-order valence-electron chi connectivity index (χ2n) is 5.20. The van der Waals surface area contributed by atoms with Crippen molar-refractivity contribution in [3.8, 4) is 17.3 Å². The van der Waals surface area contributed by atoms with Crippen LogP contribution >= 0.6 is 0 Å². The number of benzene rings is 1. The number of nitrogens with one attached hydrogen (secondary N) is 1. The maximum absolute atomic E-state index is 11.9. The first-order chi connectivity index (χ1) is 11.7. The highest BCUT2D eigenvalue weighted by Crippen LogP contribution is 2.17. The van der Waals surface area contributed by atoms with E-state index in [0.29, 0.717) is 36.0 Å². The molecular weight excluding hydrogens is 306 g/mol. The number of ether oxygens (including phenoxy) is 1. The zero-order valence-corrected chi connectivity index (χ0v) is 13.2. The van der Waals surface area contributed by atoms with Crippen molar-refractivity contribution in [1.82, 2.24) is 15.5 Å². The van der Waals surface area contributed by atoms with E-state index in [1.54, 1.807) is 36.6 Å². The number of rotatable bonds is 6. The van der Waals surface area contributed by atoms with Crippen LogP contribution in [0.2, 0.25) is 0 Å². The highest BCUT2D eigenvalue weighted by Gasteiger charge is 2.06. The molecule has 6 heteroatoms. The third-order valence-corrected chi connectivity index (χ3v) is 3.37. The van der Waals surface area contributed by atoms with E-state index >= 15 is 0 Å². The van der Waals surface area contributed by atoms with Crippen molar-refractivity contribution in [2.45, 2.75) is 6.92 Å². The molecule has 0 saturated heterocycles. The third kappa shape index (κ3) is 3.98. The number of hydrogen-bond acceptors (Lipinski definition) is 5. The molecule has 3 rings (SSSR count). The lowest BCUT2D eigenvalue weighted by atomic mass is 10.1. The van der Waals surface area contributed by atoms with Gasteiger partial charge < -0.3 is 14.5 Å². The van der Waals surface area contributed by atoms with Crippen molar-refractivity contribution in [3.05, 3.63) is 65.9 Å². The van der Waals surface area contributed by atoms with Crippen LogP contribution < -0.4 is 10.1 Å². The molecule has 3 aromatic rings. The molecule has 1 N–H and O–H groups in total. The molecule has 0 aliphatic carbocycles. The van der Waals surface area contributed by atoms with Gasteiger partial charge in [0.2, 0.25) is 5.88 Å². The standard InChI is InChI=1S/C18H17N3O3/c1-13-4-6-14(7-5-13)18(22)19-10-12-24-17-9-8-15(20-21-17)16-3-2-11-23-16/h2-9,11H,10,12H2,1H3,(H,19,22). The summed E-state index contributed by atoms with van der Waals surface area (Å²) in [5.74, 6) is 0.923. The fourth-order valence-corrected chi connectivity index (χ4v) is 2.08. The summed E-state index contributed by atoms with van der Waals surface area (Å²) >= 11 is 0. The van der Waals surface area contributed by atoms with Gasteiger partial charge in [-0.15, -0.1) is 10.2 Å². The molecule has 122 valence electrons. The second kappa shape index (κ2) is 7.41. The Labute approximate surface area is 139 Å². The normalized spacial score (nSPS) is 10.4. The molecule has 0 aliphatic rings. The van der Waals surface area contributed by atoms with Gasteiger partial charge in [-0.25, -0.2) is 0 Å². The number of carbonyl (C=O) groups is 1. The molecule has 0 bridgehead atoms. The fraction of sp³-hybridized carbons (Fsp3) is 0.167. The number of aryl methyl sites for hydroxylation is 1. The third-order valence-electron chi connectivity index (χ3n) is 3.37. The summed E-state index contributed by atoms with van der Waals surface area (Å²) < 4.78 is 10.7. The maximum atomic E-state index is 11.9. The Balaban J connectivity index is 1.45. The minimum absolute atomic E-state index is 0.127. The average Bonchev–Trinajstić information content (AvgIpc) is 3.14. The van der Waals surface area contributed by atoms with Gasteiger partial charge in [0.05, 0.1) is 12.8 Å². The van der Waals surface area contributed by atoms with Gasteiger partial charge in [-0.1, -0.05) is 17.7 Å². The van der Waals surface area contributed by atoms with Gasteiger partial charge in [0.1, 0.15) is 12.3 Å². The van der Waals surface area contributed by atoms with Gasteiger partial charge in [-0.3, -0.25) is 4.79 Å². The number of aromatic nitrogens is 2. The van der Waals surface area contributed by atoms with Gasteiger partial charge in [0, 0.05) is 11.6 Å². The van der Waals surface area contributed by atoms with Crippen LogP contribution in [-0.4, -0.2) is 29.3 Å². The molecule has 6 nitrogen and oxygen atoms in total. The van der Waals surface area contributed by atoms with Crippen LogP contribution in [0.1, 0.15) is 15.9 Å². The number of amides is 1. The van der Waals surface area contributed by atoms with Gasteiger partial charge in [0.15, 0.2) is 5.76 Å². The van der Waals surface area contributed by atoms with Crippen LogP contribution in [0, 0.1) is 6.92 Å². The Morgan fingerprint density at radius 1 is 1.12 bits per heavy atom. The molecule has 0 aliphatic heterocycles. The highest BCUT2D eigenvalue weighted by atomic mass is 16.5. The smallest absolute Gasteiger partial charge is 0.251 e. The Bertz CT molecular complexity index is 781. The predicted molar refractivity (Wildman–Crippen MR) is 88.7 cm³/mol. The second-order valence-corrected chi connectivity index (χ2v) is 5.20. The Hall–Kier alpha value is -3.15. The van der Waals surface area contributed by atoms with Gasteiger partial charge >= 0.3 is 0 Å². The lowest BCUT2D eigenvalue weighted by Crippen LogP contribution is -2.28. The highest BCUT2D eigenvalue weighted by molar-refractivity contribution is 5.94. The van der Waals surface area contributed by atoms with E-state index < -0.39 is 0 Å². The average molecular weight is 323 g/mol. The van der Waals surface area contributed by atoms with E-state index in [4.69, 9.17) is 9.15 Å². The van der Waals surface area contributed by atoms with E-state index in [1.165, 1.54) is 0 Å². The van der Waals surface area contributed by atoms with Crippen LogP contribution in [0.15, 0.2) is 59.2 Å². The molecule has 1 amide bonds. The van der Waals surface area contributed by atoms with Crippen molar-refractivity contribution < 1.29 is 13.9 Å². The molecule has 2 aromatic heterocycles. The van der Waals surface area contributed by atoms with Crippen molar-refractivity contribution in [1.29, 1.82) is 0 Å². The largest absolute Gasteiger partial charge is 0.475 e.